The smallest absolute Gasteiger partial charge is 0.227 e. The van der Waals surface area contributed by atoms with Gasteiger partial charge in [-0.15, -0.1) is 0 Å². The number of carbonyl (C=O) groups excluding carboxylic acids is 2. The number of nitrogens with zero attached hydrogens (tertiary/aromatic N) is 1. The molecular formula is C20H19Cl3N2O4. The Morgan fingerprint density at radius 1 is 1.21 bits per heavy atom. The van der Waals surface area contributed by atoms with Crippen LogP contribution in [0, 0.1) is 5.92 Å². The van der Waals surface area contributed by atoms with E-state index in [2.05, 4.69) is 5.32 Å². The van der Waals surface area contributed by atoms with Crippen LogP contribution in [0.5, 0.6) is 5.75 Å². The molecule has 0 saturated carbocycles. The van der Waals surface area contributed by atoms with Gasteiger partial charge in [0.05, 0.1) is 10.9 Å². The number of amides is 2. The average molecular weight is 458 g/mol. The summed E-state index contributed by atoms with van der Waals surface area (Å²) in [4.78, 5) is 26.2. The fraction of sp³-hybridized carbons (Fsp3) is 0.300. The summed E-state index contributed by atoms with van der Waals surface area (Å²) in [7, 11) is 0. The molecule has 2 aromatic rings. The summed E-state index contributed by atoms with van der Waals surface area (Å²) in [6.45, 7) is 0.195. The van der Waals surface area contributed by atoms with Crippen molar-refractivity contribution in [1.82, 2.24) is 5.32 Å². The second-order valence-electron chi connectivity index (χ2n) is 6.64. The van der Waals surface area contributed by atoms with E-state index in [9.17, 15) is 14.7 Å². The lowest BCUT2D eigenvalue weighted by atomic mass is 10.1. The van der Waals surface area contributed by atoms with Gasteiger partial charge in [-0.2, -0.15) is 0 Å². The molecule has 29 heavy (non-hydrogen) atoms. The Labute approximate surface area is 183 Å². The Hall–Kier alpha value is -1.99. The van der Waals surface area contributed by atoms with Gasteiger partial charge in [-0.3, -0.25) is 9.59 Å². The fourth-order valence-corrected chi connectivity index (χ4v) is 3.43. The van der Waals surface area contributed by atoms with Gasteiger partial charge < -0.3 is 20.1 Å². The van der Waals surface area contributed by atoms with Gasteiger partial charge in [-0.05, 0) is 36.4 Å². The molecule has 1 fully saturated rings. The standard InChI is InChI=1S/C20H19Cl3N2O4/c21-13-4-6-14(7-5-13)25-10-12(8-18(25)27)20(28)24-9-15(26)11-29-17-3-1-2-16(22)19(17)23/h1-7,12,15,26H,8-11H2,(H,24,28). The molecule has 2 N–H and O–H groups in total. The van der Waals surface area contributed by atoms with Gasteiger partial charge in [-0.25, -0.2) is 0 Å². The summed E-state index contributed by atoms with van der Waals surface area (Å²) < 4.78 is 5.45. The van der Waals surface area contributed by atoms with E-state index in [1.54, 1.807) is 47.4 Å². The third-order valence-electron chi connectivity index (χ3n) is 4.49. The van der Waals surface area contributed by atoms with Gasteiger partial charge in [0.1, 0.15) is 23.5 Å². The Morgan fingerprint density at radius 2 is 1.93 bits per heavy atom. The number of aliphatic hydroxyl groups is 1. The molecule has 6 nitrogen and oxygen atoms in total. The minimum absolute atomic E-state index is 0.0113. The van der Waals surface area contributed by atoms with E-state index in [-0.39, 0.29) is 43.0 Å². The first-order chi connectivity index (χ1) is 13.8. The predicted molar refractivity (Wildman–Crippen MR) is 113 cm³/mol. The van der Waals surface area contributed by atoms with Crippen molar-refractivity contribution in [2.24, 2.45) is 5.92 Å². The summed E-state index contributed by atoms with van der Waals surface area (Å²) >= 11 is 17.8. The van der Waals surface area contributed by atoms with Gasteiger partial charge in [-0.1, -0.05) is 40.9 Å². The molecule has 0 aliphatic carbocycles. The number of hydrogen-bond acceptors (Lipinski definition) is 4. The van der Waals surface area contributed by atoms with Crippen LogP contribution in [0.1, 0.15) is 6.42 Å². The molecule has 0 radical (unpaired) electrons. The summed E-state index contributed by atoms with van der Waals surface area (Å²) in [5, 5.41) is 13.9. The van der Waals surface area contributed by atoms with Crippen molar-refractivity contribution in [3.63, 3.8) is 0 Å². The SMILES string of the molecule is O=C(NCC(O)COc1cccc(Cl)c1Cl)C1CC(=O)N(c2ccc(Cl)cc2)C1. The summed E-state index contributed by atoms with van der Waals surface area (Å²) in [5.41, 5.74) is 0.696. The molecule has 154 valence electrons. The summed E-state index contributed by atoms with van der Waals surface area (Å²) in [6.07, 6.45) is -0.836. The molecule has 0 spiro atoms. The first kappa shape index (κ1) is 21.7. The summed E-state index contributed by atoms with van der Waals surface area (Å²) in [6, 6.07) is 11.8. The normalized spacial score (nSPS) is 17.3. The molecule has 1 saturated heterocycles. The number of anilines is 1. The number of halogens is 3. The third kappa shape index (κ3) is 5.54. The topological polar surface area (TPSA) is 78.9 Å². The van der Waals surface area contributed by atoms with Crippen LogP contribution in [0.2, 0.25) is 15.1 Å². The maximum absolute atomic E-state index is 12.4. The lowest BCUT2D eigenvalue weighted by Crippen LogP contribution is -2.39. The highest BCUT2D eigenvalue weighted by Gasteiger charge is 2.35. The lowest BCUT2D eigenvalue weighted by molar-refractivity contribution is -0.126. The minimum atomic E-state index is -0.946. The number of carbonyl (C=O) groups is 2. The molecule has 3 rings (SSSR count). The second kappa shape index (κ2) is 9.67. The van der Waals surface area contributed by atoms with Crippen LogP contribution in [0.25, 0.3) is 0 Å². The van der Waals surface area contributed by atoms with Crippen molar-refractivity contribution < 1.29 is 19.4 Å². The third-order valence-corrected chi connectivity index (χ3v) is 5.55. The van der Waals surface area contributed by atoms with Crippen LogP contribution in [0.15, 0.2) is 42.5 Å². The molecule has 9 heteroatoms. The molecule has 1 aliphatic rings. The molecule has 2 amide bonds. The molecule has 2 atom stereocenters. The van der Waals surface area contributed by atoms with Crippen molar-refractivity contribution >= 4 is 52.3 Å². The zero-order chi connectivity index (χ0) is 21.0. The van der Waals surface area contributed by atoms with E-state index in [1.807, 2.05) is 0 Å². The van der Waals surface area contributed by atoms with Crippen LogP contribution in [0.3, 0.4) is 0 Å². The van der Waals surface area contributed by atoms with Crippen LogP contribution in [-0.4, -0.2) is 42.7 Å². The van der Waals surface area contributed by atoms with E-state index in [0.717, 1.165) is 0 Å². The van der Waals surface area contributed by atoms with Crippen LogP contribution < -0.4 is 15.0 Å². The highest BCUT2D eigenvalue weighted by molar-refractivity contribution is 6.42. The lowest BCUT2D eigenvalue weighted by Gasteiger charge is -2.18. The Balaban J connectivity index is 1.47. The highest BCUT2D eigenvalue weighted by atomic mass is 35.5. The Morgan fingerprint density at radius 3 is 2.66 bits per heavy atom. The number of ether oxygens (including phenoxy) is 1. The number of nitrogens with one attached hydrogen (secondary N) is 1. The number of rotatable bonds is 7. The second-order valence-corrected chi connectivity index (χ2v) is 7.87. The minimum Gasteiger partial charge on any atom is -0.489 e. The molecule has 0 bridgehead atoms. The van der Waals surface area contributed by atoms with Crippen LogP contribution in [0.4, 0.5) is 5.69 Å². The molecular weight excluding hydrogens is 439 g/mol. The van der Waals surface area contributed by atoms with E-state index >= 15 is 0 Å². The molecule has 0 aromatic heterocycles. The predicted octanol–water partition coefficient (Wildman–Crippen LogP) is 3.56. The van der Waals surface area contributed by atoms with Gasteiger partial charge in [0, 0.05) is 30.2 Å². The average Bonchev–Trinajstić information content (AvgIpc) is 3.09. The van der Waals surface area contributed by atoms with Gasteiger partial charge in [0.2, 0.25) is 11.8 Å². The molecule has 1 heterocycles. The molecule has 2 aromatic carbocycles. The quantitative estimate of drug-likeness (QED) is 0.666. The van der Waals surface area contributed by atoms with E-state index in [0.29, 0.717) is 21.5 Å². The van der Waals surface area contributed by atoms with Crippen molar-refractivity contribution in [1.29, 1.82) is 0 Å². The Bertz CT molecular complexity index is 892. The van der Waals surface area contributed by atoms with Crippen molar-refractivity contribution in [2.75, 3.05) is 24.6 Å². The first-order valence-corrected chi connectivity index (χ1v) is 10.1. The first-order valence-electron chi connectivity index (χ1n) is 8.93. The fourth-order valence-electron chi connectivity index (χ4n) is 2.96. The zero-order valence-corrected chi connectivity index (χ0v) is 17.5. The zero-order valence-electron chi connectivity index (χ0n) is 15.3. The van der Waals surface area contributed by atoms with Gasteiger partial charge >= 0.3 is 0 Å². The van der Waals surface area contributed by atoms with Crippen LogP contribution >= 0.6 is 34.8 Å². The maximum Gasteiger partial charge on any atom is 0.227 e. The van der Waals surface area contributed by atoms with E-state index < -0.39 is 12.0 Å². The number of aliphatic hydroxyl groups excluding tert-OH is 1. The van der Waals surface area contributed by atoms with Gasteiger partial charge in [0.15, 0.2) is 0 Å². The number of benzene rings is 2. The largest absolute Gasteiger partial charge is 0.489 e. The van der Waals surface area contributed by atoms with E-state index in [1.165, 1.54) is 0 Å². The van der Waals surface area contributed by atoms with Crippen molar-refractivity contribution in [2.45, 2.75) is 12.5 Å². The number of hydrogen-bond donors (Lipinski definition) is 2. The van der Waals surface area contributed by atoms with Crippen LogP contribution in [-0.2, 0) is 9.59 Å². The molecule has 2 unspecified atom stereocenters. The van der Waals surface area contributed by atoms with Crippen molar-refractivity contribution in [3.05, 3.63) is 57.5 Å². The van der Waals surface area contributed by atoms with Gasteiger partial charge in [0.25, 0.3) is 0 Å². The van der Waals surface area contributed by atoms with Crippen molar-refractivity contribution in [3.8, 4) is 5.75 Å². The summed E-state index contributed by atoms with van der Waals surface area (Å²) in [5.74, 6) is -0.570. The highest BCUT2D eigenvalue weighted by Crippen LogP contribution is 2.31. The monoisotopic (exact) mass is 456 g/mol. The molecule has 1 aliphatic heterocycles. The Kier molecular flexibility index (Phi) is 7.24. The maximum atomic E-state index is 12.4. The van der Waals surface area contributed by atoms with E-state index in [4.69, 9.17) is 39.5 Å².